The molecule has 114 valence electrons. The Bertz CT molecular complexity index is 816. The Morgan fingerprint density at radius 2 is 0.870 bits per heavy atom. The number of rotatable bonds is 1. The first kappa shape index (κ1) is 14.7. The van der Waals surface area contributed by atoms with Crippen LogP contribution in [0.15, 0.2) is 78.9 Å². The van der Waals surface area contributed by atoms with Crippen LogP contribution in [0.3, 0.4) is 0 Å². The highest BCUT2D eigenvalue weighted by Gasteiger charge is 2.46. The summed E-state index contributed by atoms with van der Waals surface area (Å²) in [5.41, 5.74) is 0. The molecule has 0 nitrogen and oxygen atoms in total. The first-order chi connectivity index (χ1) is 11.1. The Hall–Kier alpha value is -1.91. The van der Waals surface area contributed by atoms with Crippen molar-refractivity contribution in [1.82, 2.24) is 0 Å². The first-order valence-corrected chi connectivity index (χ1v) is 13.8. The van der Waals surface area contributed by atoms with E-state index in [0.717, 1.165) is 0 Å². The van der Waals surface area contributed by atoms with Gasteiger partial charge < -0.3 is 0 Å². The minimum atomic E-state index is -1.91. The van der Waals surface area contributed by atoms with Crippen LogP contribution in [-0.2, 0) is 0 Å². The summed E-state index contributed by atoms with van der Waals surface area (Å²) < 4.78 is 0. The summed E-state index contributed by atoms with van der Waals surface area (Å²) in [7, 11) is -3.53. The molecule has 2 heteroatoms. The van der Waals surface area contributed by atoms with Gasteiger partial charge in [0.2, 0.25) is 0 Å². The second-order valence-corrected chi connectivity index (χ2v) is 15.4. The lowest BCUT2D eigenvalue weighted by molar-refractivity contribution is 1.64. The molecule has 0 atom stereocenters. The lowest BCUT2D eigenvalue weighted by atomic mass is 10.3. The molecule has 0 saturated heterocycles. The van der Waals surface area contributed by atoms with Crippen LogP contribution in [0.4, 0.5) is 0 Å². The summed E-state index contributed by atoms with van der Waals surface area (Å²) >= 11 is 0. The molecule has 0 aliphatic carbocycles. The fraction of sp³-hybridized carbons (Fsp3) is 0.143. The molecule has 0 fully saturated rings. The maximum atomic E-state index is 2.53. The van der Waals surface area contributed by atoms with Gasteiger partial charge in [0.1, 0.15) is 16.1 Å². The van der Waals surface area contributed by atoms with Gasteiger partial charge in [-0.15, -0.1) is 0 Å². The monoisotopic (exact) mass is 330 g/mol. The fourth-order valence-electron chi connectivity index (χ4n) is 4.30. The summed E-state index contributed by atoms with van der Waals surface area (Å²) in [5, 5.41) is 8.04. The Kier molecular flexibility index (Phi) is 3.22. The second kappa shape index (κ2) is 5.05. The molecule has 0 spiro atoms. The number of benzene rings is 3. The molecule has 3 aromatic rings. The fourth-order valence-corrected chi connectivity index (χ4v) is 14.4. The van der Waals surface area contributed by atoms with E-state index < -0.39 is 16.1 Å². The highest BCUT2D eigenvalue weighted by Crippen LogP contribution is 2.15. The zero-order valence-electron chi connectivity index (χ0n) is 14.0. The normalized spacial score (nSPS) is 17.2. The minimum absolute atomic E-state index is 1.52. The van der Waals surface area contributed by atoms with Crippen LogP contribution in [0.25, 0.3) is 0 Å². The minimum Gasteiger partial charge on any atom is -0.0627 e. The van der Waals surface area contributed by atoms with Crippen molar-refractivity contribution in [3.05, 3.63) is 78.9 Å². The van der Waals surface area contributed by atoms with Crippen LogP contribution in [0.5, 0.6) is 0 Å². The van der Waals surface area contributed by atoms with E-state index >= 15 is 0 Å². The molecule has 23 heavy (non-hydrogen) atoms. The average Bonchev–Trinajstić information content (AvgIpc) is 2.61. The molecule has 0 bridgehead atoms. The summed E-state index contributed by atoms with van der Waals surface area (Å²) in [6.45, 7) is 7.54. The smallest absolute Gasteiger partial charge is 0.0627 e. The molecule has 1 aliphatic heterocycles. The Balaban J connectivity index is 2.13. The molecular weight excluding hydrogens is 308 g/mol. The van der Waals surface area contributed by atoms with E-state index in [2.05, 4.69) is 98.5 Å². The molecular formula is C21H22Si2. The molecule has 0 unspecified atom stereocenters. The number of hydrogen-bond acceptors (Lipinski definition) is 0. The van der Waals surface area contributed by atoms with Gasteiger partial charge in [-0.3, -0.25) is 0 Å². The van der Waals surface area contributed by atoms with E-state index in [0.29, 0.717) is 0 Å². The Labute approximate surface area is 140 Å². The van der Waals surface area contributed by atoms with E-state index in [9.17, 15) is 0 Å². The van der Waals surface area contributed by atoms with Gasteiger partial charge >= 0.3 is 0 Å². The van der Waals surface area contributed by atoms with Crippen LogP contribution in [0.1, 0.15) is 0 Å². The van der Waals surface area contributed by atoms with Gasteiger partial charge in [-0.2, -0.15) is 0 Å². The Morgan fingerprint density at radius 1 is 0.478 bits per heavy atom. The number of hydrogen-bond donors (Lipinski definition) is 0. The molecule has 0 aromatic heterocycles. The predicted octanol–water partition coefficient (Wildman–Crippen LogP) is 1.92. The number of fused-ring (bicyclic) bond motifs is 2. The van der Waals surface area contributed by atoms with Crippen molar-refractivity contribution in [3.8, 4) is 0 Å². The molecule has 0 amide bonds. The standard InChI is InChI=1S/C21H22Si2/c1-22(2)18-13-7-9-15-20(18)23(3,17-11-5-4-6-12-17)21-16-10-8-14-19(21)22/h4-16H,1-3H3. The van der Waals surface area contributed by atoms with Gasteiger partial charge in [0, 0.05) is 0 Å². The summed E-state index contributed by atoms with van der Waals surface area (Å²) in [6.07, 6.45) is 0. The van der Waals surface area contributed by atoms with Gasteiger partial charge in [-0.1, -0.05) is 109 Å². The van der Waals surface area contributed by atoms with E-state index in [1.54, 1.807) is 20.7 Å². The van der Waals surface area contributed by atoms with Crippen LogP contribution >= 0.6 is 0 Å². The van der Waals surface area contributed by atoms with Crippen molar-refractivity contribution in [1.29, 1.82) is 0 Å². The van der Waals surface area contributed by atoms with Crippen LogP contribution in [0, 0.1) is 0 Å². The average molecular weight is 331 g/mol. The van der Waals surface area contributed by atoms with Gasteiger partial charge in [0.05, 0.1) is 0 Å². The third-order valence-electron chi connectivity index (χ3n) is 5.63. The molecule has 0 saturated carbocycles. The van der Waals surface area contributed by atoms with Gasteiger partial charge in [0.15, 0.2) is 0 Å². The molecule has 0 N–H and O–H groups in total. The lowest BCUT2D eigenvalue weighted by Gasteiger charge is -2.43. The van der Waals surface area contributed by atoms with E-state index in [-0.39, 0.29) is 0 Å². The molecule has 4 rings (SSSR count). The highest BCUT2D eigenvalue weighted by molar-refractivity contribution is 7.21. The van der Waals surface area contributed by atoms with Crippen LogP contribution in [-0.4, -0.2) is 16.1 Å². The van der Waals surface area contributed by atoms with Gasteiger partial charge in [-0.05, 0) is 15.6 Å². The maximum absolute atomic E-state index is 2.53. The van der Waals surface area contributed by atoms with Crippen molar-refractivity contribution < 1.29 is 0 Å². The maximum Gasteiger partial charge on any atom is 0.145 e. The van der Waals surface area contributed by atoms with Gasteiger partial charge in [0.25, 0.3) is 0 Å². The summed E-state index contributed by atoms with van der Waals surface area (Å²) in [5.74, 6) is 0. The predicted molar refractivity (Wildman–Crippen MR) is 107 cm³/mol. The van der Waals surface area contributed by atoms with Crippen molar-refractivity contribution in [3.63, 3.8) is 0 Å². The van der Waals surface area contributed by atoms with Crippen LogP contribution < -0.4 is 25.9 Å². The molecule has 1 aliphatic rings. The highest BCUT2D eigenvalue weighted by atomic mass is 28.3. The first-order valence-electron chi connectivity index (χ1n) is 8.32. The van der Waals surface area contributed by atoms with Crippen molar-refractivity contribution in [2.75, 3.05) is 0 Å². The molecule has 1 heterocycles. The third kappa shape index (κ3) is 1.95. The third-order valence-corrected chi connectivity index (χ3v) is 14.2. The van der Waals surface area contributed by atoms with Crippen molar-refractivity contribution >= 4 is 42.1 Å². The van der Waals surface area contributed by atoms with E-state index in [4.69, 9.17) is 0 Å². The quantitative estimate of drug-likeness (QED) is 0.598. The summed E-state index contributed by atoms with van der Waals surface area (Å²) in [4.78, 5) is 0. The lowest BCUT2D eigenvalue weighted by Crippen LogP contribution is -2.82. The second-order valence-electron chi connectivity index (χ2n) is 7.21. The van der Waals surface area contributed by atoms with E-state index in [1.165, 1.54) is 5.19 Å². The molecule has 3 aromatic carbocycles. The summed E-state index contributed by atoms with van der Waals surface area (Å²) in [6, 6.07) is 29.7. The van der Waals surface area contributed by atoms with Crippen molar-refractivity contribution in [2.45, 2.75) is 19.6 Å². The SMILES string of the molecule is C[Si]1(C)c2ccccc2[Si](C)(c2ccccc2)c2ccccc21. The zero-order valence-corrected chi connectivity index (χ0v) is 16.0. The Morgan fingerprint density at radius 3 is 1.35 bits per heavy atom. The van der Waals surface area contributed by atoms with Crippen molar-refractivity contribution in [2.24, 2.45) is 0 Å². The topological polar surface area (TPSA) is 0 Å². The van der Waals surface area contributed by atoms with Crippen LogP contribution in [0.2, 0.25) is 19.6 Å². The zero-order chi connectivity index (χ0) is 16.1. The molecule has 0 radical (unpaired) electrons. The van der Waals surface area contributed by atoms with Gasteiger partial charge in [-0.25, -0.2) is 0 Å². The largest absolute Gasteiger partial charge is 0.145 e. The van der Waals surface area contributed by atoms with E-state index in [1.807, 2.05) is 0 Å².